The zero-order chi connectivity index (χ0) is 24.4. The number of nitrogens with zero attached hydrogens (tertiary/aromatic N) is 2. The Hall–Kier alpha value is -3.44. The summed E-state index contributed by atoms with van der Waals surface area (Å²) < 4.78 is 20.3. The van der Waals surface area contributed by atoms with Gasteiger partial charge in [0.2, 0.25) is 5.91 Å². The van der Waals surface area contributed by atoms with Crippen LogP contribution in [0.25, 0.3) is 17.0 Å². The van der Waals surface area contributed by atoms with E-state index >= 15 is 0 Å². The molecule has 4 rings (SSSR count). The predicted molar refractivity (Wildman–Crippen MR) is 129 cm³/mol. The quantitative estimate of drug-likeness (QED) is 0.364. The number of amides is 3. The smallest absolute Gasteiger partial charge is 0.325 e. The van der Waals surface area contributed by atoms with Crippen LogP contribution in [0.4, 0.5) is 14.9 Å². The Bertz CT molecular complexity index is 1350. The number of hydrogen-bond donors (Lipinski definition) is 1. The number of ether oxygens (including phenoxy) is 1. The van der Waals surface area contributed by atoms with E-state index in [1.54, 1.807) is 16.8 Å². The van der Waals surface area contributed by atoms with Crippen molar-refractivity contribution < 1.29 is 28.3 Å². The molecule has 2 heterocycles. The number of halogens is 2. The summed E-state index contributed by atoms with van der Waals surface area (Å²) in [5.74, 6) is -2.07. The third-order valence-electron chi connectivity index (χ3n) is 4.99. The molecular formula is C23H17BrFN3O5S. The normalized spacial score (nSPS) is 14.8. The molecule has 1 aliphatic rings. The molecule has 34 heavy (non-hydrogen) atoms. The lowest BCUT2D eigenvalue weighted by atomic mass is 10.1. The molecule has 3 aromatic rings. The molecule has 0 spiro atoms. The summed E-state index contributed by atoms with van der Waals surface area (Å²) in [5.41, 5.74) is 1.72. The lowest BCUT2D eigenvalue weighted by Gasteiger charge is -2.12. The Balaban J connectivity index is 1.57. The first-order chi connectivity index (χ1) is 16.2. The number of imide groups is 1. The van der Waals surface area contributed by atoms with Crippen molar-refractivity contribution in [1.29, 1.82) is 0 Å². The largest absolute Gasteiger partial charge is 0.468 e. The van der Waals surface area contributed by atoms with Crippen LogP contribution in [0.5, 0.6) is 0 Å². The summed E-state index contributed by atoms with van der Waals surface area (Å²) in [7, 11) is 1.30. The molecule has 1 N–H and O–H groups in total. The highest BCUT2D eigenvalue weighted by molar-refractivity contribution is 9.10. The highest BCUT2D eigenvalue weighted by Gasteiger charge is 2.36. The van der Waals surface area contributed by atoms with Crippen LogP contribution in [0.3, 0.4) is 0 Å². The lowest BCUT2D eigenvalue weighted by Crippen LogP contribution is -2.36. The number of carbonyl (C=O) groups excluding carboxylic acids is 4. The second kappa shape index (κ2) is 9.82. The molecule has 0 atom stereocenters. The number of carbonyl (C=O) groups is 4. The van der Waals surface area contributed by atoms with Gasteiger partial charge in [0.25, 0.3) is 11.1 Å². The first kappa shape index (κ1) is 23.7. The van der Waals surface area contributed by atoms with Crippen molar-refractivity contribution in [2.45, 2.75) is 6.54 Å². The van der Waals surface area contributed by atoms with Crippen LogP contribution in [-0.4, -0.2) is 46.1 Å². The van der Waals surface area contributed by atoms with E-state index in [1.807, 2.05) is 18.2 Å². The maximum atomic E-state index is 13.0. The van der Waals surface area contributed by atoms with Crippen LogP contribution in [-0.2, 0) is 25.7 Å². The topological polar surface area (TPSA) is 97.7 Å². The number of rotatable bonds is 6. The van der Waals surface area contributed by atoms with Gasteiger partial charge in [-0.2, -0.15) is 0 Å². The lowest BCUT2D eigenvalue weighted by molar-refractivity contribution is -0.141. The van der Waals surface area contributed by atoms with Gasteiger partial charge in [-0.05, 0) is 60.3 Å². The van der Waals surface area contributed by atoms with E-state index in [-0.39, 0.29) is 11.4 Å². The van der Waals surface area contributed by atoms with Gasteiger partial charge in [0, 0.05) is 32.8 Å². The van der Waals surface area contributed by atoms with E-state index in [1.165, 1.54) is 31.4 Å². The number of esters is 1. The average Bonchev–Trinajstić information content (AvgIpc) is 3.26. The third-order valence-corrected chi connectivity index (χ3v) is 6.39. The van der Waals surface area contributed by atoms with E-state index in [4.69, 9.17) is 4.74 Å². The number of anilines is 1. The number of hydrogen-bond acceptors (Lipinski definition) is 6. The Kier molecular flexibility index (Phi) is 6.85. The van der Waals surface area contributed by atoms with Gasteiger partial charge in [0.05, 0.1) is 12.0 Å². The number of methoxy groups -OCH3 is 1. The van der Waals surface area contributed by atoms with Crippen molar-refractivity contribution in [2.24, 2.45) is 0 Å². The van der Waals surface area contributed by atoms with Crippen LogP contribution in [0.2, 0.25) is 0 Å². The van der Waals surface area contributed by atoms with Gasteiger partial charge in [0.1, 0.15) is 18.9 Å². The van der Waals surface area contributed by atoms with Crippen molar-refractivity contribution >= 4 is 73.4 Å². The van der Waals surface area contributed by atoms with Crippen LogP contribution < -0.4 is 5.32 Å². The number of nitrogens with one attached hydrogen (secondary N) is 1. The molecule has 1 fully saturated rings. The van der Waals surface area contributed by atoms with Gasteiger partial charge in [-0.15, -0.1) is 0 Å². The molecule has 0 aliphatic carbocycles. The Labute approximate surface area is 205 Å². The third kappa shape index (κ3) is 5.05. The molecule has 1 aromatic heterocycles. The summed E-state index contributed by atoms with van der Waals surface area (Å²) in [6, 6.07) is 10.6. The zero-order valence-corrected chi connectivity index (χ0v) is 20.1. The van der Waals surface area contributed by atoms with E-state index in [0.29, 0.717) is 11.3 Å². The molecule has 11 heteroatoms. The van der Waals surface area contributed by atoms with Crippen LogP contribution >= 0.6 is 27.7 Å². The summed E-state index contributed by atoms with van der Waals surface area (Å²) in [6.07, 6.45) is 3.26. The molecule has 1 aliphatic heterocycles. The molecule has 0 radical (unpaired) electrons. The van der Waals surface area contributed by atoms with Crippen molar-refractivity contribution in [3.05, 3.63) is 69.4 Å². The van der Waals surface area contributed by atoms with E-state index < -0.39 is 35.4 Å². The Morgan fingerprint density at radius 1 is 1.15 bits per heavy atom. The van der Waals surface area contributed by atoms with Gasteiger partial charge >= 0.3 is 5.97 Å². The molecule has 3 amide bonds. The minimum absolute atomic E-state index is 0.0203. The summed E-state index contributed by atoms with van der Waals surface area (Å²) in [4.78, 5) is 50.5. The van der Waals surface area contributed by atoms with Crippen molar-refractivity contribution in [1.82, 2.24) is 9.47 Å². The predicted octanol–water partition coefficient (Wildman–Crippen LogP) is 4.39. The molecule has 8 nitrogen and oxygen atoms in total. The van der Waals surface area contributed by atoms with E-state index in [2.05, 4.69) is 21.2 Å². The molecule has 0 bridgehead atoms. The number of aromatic nitrogens is 1. The van der Waals surface area contributed by atoms with Crippen LogP contribution in [0.1, 0.15) is 5.56 Å². The second-order valence-corrected chi connectivity index (χ2v) is 9.18. The van der Waals surface area contributed by atoms with E-state index in [0.717, 1.165) is 32.0 Å². The highest BCUT2D eigenvalue weighted by atomic mass is 79.9. The van der Waals surface area contributed by atoms with Crippen molar-refractivity contribution in [2.75, 3.05) is 19.0 Å². The molecular weight excluding hydrogens is 529 g/mol. The van der Waals surface area contributed by atoms with Crippen molar-refractivity contribution in [3.63, 3.8) is 0 Å². The zero-order valence-electron chi connectivity index (χ0n) is 17.7. The summed E-state index contributed by atoms with van der Waals surface area (Å²) >= 11 is 4.14. The monoisotopic (exact) mass is 545 g/mol. The Morgan fingerprint density at radius 3 is 2.59 bits per heavy atom. The minimum Gasteiger partial charge on any atom is -0.468 e. The van der Waals surface area contributed by atoms with Gasteiger partial charge in [-0.1, -0.05) is 15.9 Å². The summed E-state index contributed by atoms with van der Waals surface area (Å²) in [6.45, 7) is -0.497. The maximum absolute atomic E-state index is 13.0. The highest BCUT2D eigenvalue weighted by Crippen LogP contribution is 2.34. The van der Waals surface area contributed by atoms with Gasteiger partial charge in [0.15, 0.2) is 0 Å². The maximum Gasteiger partial charge on any atom is 0.325 e. The number of thioether (sulfide) groups is 1. The minimum atomic E-state index is -0.604. The molecule has 174 valence electrons. The standard InChI is InChI=1S/C23H17BrFN3O5S/c1-33-21(30)12-27-10-13(17-9-14(24)2-7-18(17)27)8-19-22(31)28(23(32)34-19)11-20(29)26-16-5-3-15(25)4-6-16/h2-10H,11-12H2,1H3,(H,26,29)/b19-8-. The molecule has 0 unspecified atom stereocenters. The van der Waals surface area contributed by atoms with Crippen LogP contribution in [0, 0.1) is 5.82 Å². The molecule has 1 saturated heterocycles. The number of benzene rings is 2. The van der Waals surface area contributed by atoms with Crippen molar-refractivity contribution in [3.8, 4) is 0 Å². The second-order valence-electron chi connectivity index (χ2n) is 7.27. The fraction of sp³-hybridized carbons (Fsp3) is 0.130. The number of fused-ring (bicyclic) bond motifs is 1. The van der Waals surface area contributed by atoms with Gasteiger partial charge in [-0.25, -0.2) is 4.39 Å². The van der Waals surface area contributed by atoms with E-state index in [9.17, 15) is 23.6 Å². The van der Waals surface area contributed by atoms with Gasteiger partial charge < -0.3 is 14.6 Å². The molecule has 2 aromatic carbocycles. The first-order valence-electron chi connectivity index (χ1n) is 9.91. The fourth-order valence-corrected chi connectivity index (χ4v) is 4.59. The Morgan fingerprint density at radius 2 is 1.88 bits per heavy atom. The SMILES string of the molecule is COC(=O)Cn1cc(/C=C2\SC(=O)N(CC(=O)Nc3ccc(F)cc3)C2=O)c2cc(Br)ccc21. The van der Waals surface area contributed by atoms with Gasteiger partial charge in [-0.3, -0.25) is 24.1 Å². The summed E-state index contributed by atoms with van der Waals surface area (Å²) in [5, 5.41) is 2.71. The van der Waals surface area contributed by atoms with Crippen LogP contribution in [0.15, 0.2) is 58.0 Å². The first-order valence-corrected chi connectivity index (χ1v) is 11.5. The average molecular weight is 546 g/mol. The fourth-order valence-electron chi connectivity index (χ4n) is 3.40. The molecule has 0 saturated carbocycles.